The summed E-state index contributed by atoms with van der Waals surface area (Å²) in [7, 11) is 1.78. The molecule has 0 saturated carbocycles. The minimum absolute atomic E-state index is 0.0947. The summed E-state index contributed by atoms with van der Waals surface area (Å²) in [6.07, 6.45) is 2.07. The maximum atomic E-state index is 13.4. The summed E-state index contributed by atoms with van der Waals surface area (Å²) >= 11 is 5.74. The molecule has 0 aromatic heterocycles. The van der Waals surface area contributed by atoms with E-state index in [1.807, 2.05) is 0 Å². The Morgan fingerprint density at radius 2 is 2.15 bits per heavy atom. The molecule has 0 unspecified atom stereocenters. The first-order chi connectivity index (χ1) is 9.49. The van der Waals surface area contributed by atoms with Gasteiger partial charge in [0.2, 0.25) is 0 Å². The fourth-order valence-electron chi connectivity index (χ4n) is 2.53. The highest BCUT2D eigenvalue weighted by Gasteiger charge is 2.23. The van der Waals surface area contributed by atoms with Crippen molar-refractivity contribution in [2.24, 2.45) is 5.92 Å². The van der Waals surface area contributed by atoms with E-state index >= 15 is 0 Å². The van der Waals surface area contributed by atoms with Crippen LogP contribution in [0.25, 0.3) is 0 Å². The van der Waals surface area contributed by atoms with Gasteiger partial charge in [-0.2, -0.15) is 0 Å². The van der Waals surface area contributed by atoms with Crippen LogP contribution in [0.1, 0.15) is 12.8 Å². The van der Waals surface area contributed by atoms with Crippen LogP contribution in [0.15, 0.2) is 12.1 Å². The number of halogens is 2. The molecule has 0 bridgehead atoms. The van der Waals surface area contributed by atoms with Gasteiger partial charge in [0.1, 0.15) is 11.5 Å². The summed E-state index contributed by atoms with van der Waals surface area (Å²) in [5, 5.41) is 14.2. The average molecular weight is 302 g/mol. The number of anilines is 1. The zero-order valence-electron chi connectivity index (χ0n) is 11.2. The minimum Gasteiger partial charge on any atom is -0.369 e. The van der Waals surface area contributed by atoms with Crippen LogP contribution < -0.4 is 10.2 Å². The highest BCUT2D eigenvalue weighted by Crippen LogP contribution is 2.33. The number of nitrogens with zero attached hydrogens (tertiary/aromatic N) is 2. The molecule has 20 heavy (non-hydrogen) atoms. The summed E-state index contributed by atoms with van der Waals surface area (Å²) in [6.45, 7) is 2.63. The van der Waals surface area contributed by atoms with Crippen LogP contribution in [-0.2, 0) is 0 Å². The van der Waals surface area contributed by atoms with Crippen molar-refractivity contribution in [2.45, 2.75) is 12.8 Å². The molecule has 1 aromatic rings. The predicted molar refractivity (Wildman–Crippen MR) is 76.9 cm³/mol. The summed E-state index contributed by atoms with van der Waals surface area (Å²) in [5.74, 6) is -0.290. The summed E-state index contributed by atoms with van der Waals surface area (Å²) in [6, 6.07) is 2.21. The maximum Gasteiger partial charge on any atom is 0.295 e. The predicted octanol–water partition coefficient (Wildman–Crippen LogP) is 2.82. The van der Waals surface area contributed by atoms with E-state index in [4.69, 9.17) is 11.6 Å². The standard InChI is InChI=1S/C13H17ClFN3O2/c1-17(8-9-2-4-16-5-3-9)12-6-10(14)11(15)7-13(12)18(19)20/h6-7,9,16H,2-5,8H2,1H3. The number of hydrogen-bond acceptors (Lipinski definition) is 4. The van der Waals surface area contributed by atoms with Crippen molar-refractivity contribution in [2.75, 3.05) is 31.6 Å². The second-order valence-corrected chi connectivity index (χ2v) is 5.49. The van der Waals surface area contributed by atoms with Crippen molar-refractivity contribution < 1.29 is 9.31 Å². The molecule has 1 N–H and O–H groups in total. The van der Waals surface area contributed by atoms with Gasteiger partial charge in [0.25, 0.3) is 5.69 Å². The Balaban J connectivity index is 2.21. The van der Waals surface area contributed by atoms with Gasteiger partial charge < -0.3 is 10.2 Å². The molecule has 1 heterocycles. The molecule has 1 aliphatic heterocycles. The summed E-state index contributed by atoms with van der Waals surface area (Å²) in [4.78, 5) is 12.3. The lowest BCUT2D eigenvalue weighted by molar-refractivity contribution is -0.384. The van der Waals surface area contributed by atoms with Crippen LogP contribution in [0.3, 0.4) is 0 Å². The lowest BCUT2D eigenvalue weighted by atomic mass is 9.97. The average Bonchev–Trinajstić information content (AvgIpc) is 2.42. The molecule has 0 amide bonds. The fraction of sp³-hybridized carbons (Fsp3) is 0.538. The van der Waals surface area contributed by atoms with Gasteiger partial charge in [-0.25, -0.2) is 4.39 Å². The Kier molecular flexibility index (Phi) is 4.77. The van der Waals surface area contributed by atoms with E-state index in [2.05, 4.69) is 5.32 Å². The zero-order valence-corrected chi connectivity index (χ0v) is 12.0. The van der Waals surface area contributed by atoms with Crippen LogP contribution in [0.4, 0.5) is 15.8 Å². The van der Waals surface area contributed by atoms with Gasteiger partial charge in [0.15, 0.2) is 0 Å². The number of nitro benzene ring substituents is 1. The molecule has 110 valence electrons. The monoisotopic (exact) mass is 301 g/mol. The van der Waals surface area contributed by atoms with E-state index in [1.54, 1.807) is 11.9 Å². The topological polar surface area (TPSA) is 58.4 Å². The van der Waals surface area contributed by atoms with Crippen LogP contribution in [0, 0.1) is 21.8 Å². The Labute approximate surface area is 121 Å². The molecule has 5 nitrogen and oxygen atoms in total. The van der Waals surface area contributed by atoms with E-state index in [9.17, 15) is 14.5 Å². The largest absolute Gasteiger partial charge is 0.369 e. The van der Waals surface area contributed by atoms with Crippen molar-refractivity contribution in [1.82, 2.24) is 5.32 Å². The molecule has 2 rings (SSSR count). The third kappa shape index (κ3) is 3.37. The highest BCUT2D eigenvalue weighted by molar-refractivity contribution is 6.31. The molecule has 1 fully saturated rings. The van der Waals surface area contributed by atoms with Gasteiger partial charge in [-0.1, -0.05) is 11.6 Å². The quantitative estimate of drug-likeness (QED) is 0.686. The molecular formula is C13H17ClFN3O2. The van der Waals surface area contributed by atoms with E-state index in [-0.39, 0.29) is 10.7 Å². The molecule has 0 aliphatic carbocycles. The molecule has 1 aromatic carbocycles. The third-order valence-electron chi connectivity index (χ3n) is 3.62. The molecule has 0 atom stereocenters. The van der Waals surface area contributed by atoms with E-state index in [1.165, 1.54) is 6.07 Å². The van der Waals surface area contributed by atoms with Gasteiger partial charge in [-0.15, -0.1) is 0 Å². The fourth-order valence-corrected chi connectivity index (χ4v) is 2.69. The lowest BCUT2D eigenvalue weighted by Gasteiger charge is -2.28. The number of nitrogens with one attached hydrogen (secondary N) is 1. The molecule has 0 spiro atoms. The van der Waals surface area contributed by atoms with Crippen molar-refractivity contribution >= 4 is 23.0 Å². The number of hydrogen-bond donors (Lipinski definition) is 1. The SMILES string of the molecule is CN(CC1CCNCC1)c1cc(Cl)c(F)cc1[N+](=O)[O-]. The Morgan fingerprint density at radius 1 is 1.50 bits per heavy atom. The maximum absolute atomic E-state index is 13.4. The van der Waals surface area contributed by atoms with Crippen LogP contribution >= 0.6 is 11.6 Å². The smallest absolute Gasteiger partial charge is 0.295 e. The Hall–Kier alpha value is -1.40. The van der Waals surface area contributed by atoms with Crippen molar-refractivity contribution in [3.05, 3.63) is 33.1 Å². The van der Waals surface area contributed by atoms with Crippen LogP contribution in [-0.4, -0.2) is 31.6 Å². The molecular weight excluding hydrogens is 285 g/mol. The van der Waals surface area contributed by atoms with Gasteiger partial charge in [0.05, 0.1) is 16.0 Å². The van der Waals surface area contributed by atoms with Crippen molar-refractivity contribution in [3.63, 3.8) is 0 Å². The second-order valence-electron chi connectivity index (χ2n) is 5.09. The van der Waals surface area contributed by atoms with Gasteiger partial charge in [0, 0.05) is 13.6 Å². The number of piperidine rings is 1. The number of benzene rings is 1. The highest BCUT2D eigenvalue weighted by atomic mass is 35.5. The molecule has 1 aliphatic rings. The second kappa shape index (κ2) is 6.37. The minimum atomic E-state index is -0.766. The first-order valence-corrected chi connectivity index (χ1v) is 6.92. The van der Waals surface area contributed by atoms with Crippen molar-refractivity contribution in [1.29, 1.82) is 0 Å². The number of rotatable bonds is 4. The third-order valence-corrected chi connectivity index (χ3v) is 3.91. The Morgan fingerprint density at radius 3 is 2.75 bits per heavy atom. The lowest BCUT2D eigenvalue weighted by Crippen LogP contribution is -2.34. The molecule has 7 heteroatoms. The van der Waals surface area contributed by atoms with Crippen LogP contribution in [0.5, 0.6) is 0 Å². The Bertz CT molecular complexity index is 507. The molecule has 1 saturated heterocycles. The van der Waals surface area contributed by atoms with Gasteiger partial charge in [-0.05, 0) is 37.9 Å². The normalized spacial score (nSPS) is 16.1. The van der Waals surface area contributed by atoms with Gasteiger partial charge >= 0.3 is 0 Å². The van der Waals surface area contributed by atoms with Crippen LogP contribution in [0.2, 0.25) is 5.02 Å². The first kappa shape index (κ1) is 15.0. The zero-order chi connectivity index (χ0) is 14.7. The molecule has 0 radical (unpaired) electrons. The van der Waals surface area contributed by atoms with Gasteiger partial charge in [-0.3, -0.25) is 10.1 Å². The van der Waals surface area contributed by atoms with E-state index in [0.29, 0.717) is 18.2 Å². The van der Waals surface area contributed by atoms with Crippen molar-refractivity contribution in [3.8, 4) is 0 Å². The summed E-state index contributed by atoms with van der Waals surface area (Å²) in [5.41, 5.74) is 0.114. The first-order valence-electron chi connectivity index (χ1n) is 6.54. The van der Waals surface area contributed by atoms with E-state index < -0.39 is 10.7 Å². The van der Waals surface area contributed by atoms with E-state index in [0.717, 1.165) is 32.0 Å². The number of nitro groups is 1. The summed E-state index contributed by atoms with van der Waals surface area (Å²) < 4.78 is 13.4.